The Balaban J connectivity index is 0.986. The van der Waals surface area contributed by atoms with E-state index in [2.05, 4.69) is 182 Å². The quantitative estimate of drug-likeness (QED) is 0.188. The van der Waals surface area contributed by atoms with Crippen molar-refractivity contribution in [3.05, 3.63) is 185 Å². The molecule has 1 aromatic heterocycles. The van der Waals surface area contributed by atoms with Crippen molar-refractivity contribution < 1.29 is 0 Å². The molecule has 0 bridgehead atoms. The van der Waals surface area contributed by atoms with Gasteiger partial charge in [-0.3, -0.25) is 0 Å². The lowest BCUT2D eigenvalue weighted by Gasteiger charge is -2.45. The van der Waals surface area contributed by atoms with Crippen molar-refractivity contribution in [1.82, 2.24) is 4.57 Å². The molecule has 0 saturated heterocycles. The van der Waals surface area contributed by atoms with Crippen molar-refractivity contribution >= 4 is 11.4 Å². The van der Waals surface area contributed by atoms with Crippen LogP contribution in [0.4, 0.5) is 11.4 Å². The van der Waals surface area contributed by atoms with Gasteiger partial charge in [-0.15, -0.1) is 0 Å². The van der Waals surface area contributed by atoms with E-state index >= 15 is 0 Å². The summed E-state index contributed by atoms with van der Waals surface area (Å²) in [4.78, 5) is 2.63. The van der Waals surface area contributed by atoms with Crippen LogP contribution >= 0.6 is 0 Å². The molecule has 49 heavy (non-hydrogen) atoms. The van der Waals surface area contributed by atoms with E-state index in [1.54, 1.807) is 0 Å². The maximum absolute atomic E-state index is 2.63. The van der Waals surface area contributed by atoms with Crippen LogP contribution < -0.4 is 4.90 Å². The van der Waals surface area contributed by atoms with Crippen LogP contribution in [0.2, 0.25) is 0 Å². The van der Waals surface area contributed by atoms with E-state index in [4.69, 9.17) is 0 Å². The van der Waals surface area contributed by atoms with Crippen molar-refractivity contribution in [3.8, 4) is 27.9 Å². The first-order valence-corrected chi connectivity index (χ1v) is 17.8. The predicted octanol–water partition coefficient (Wildman–Crippen LogP) is 11.6. The second-order valence-electron chi connectivity index (χ2n) is 15.0. The standard InChI is InChI=1S/C47H40N2/c1-30-35-14-7-8-15-36(35)37-16-9-10-17-38(37)40(30)26-31-20-22-32(23-21-31)33-24-25-44-41(27-33)39-18-11-19-42-46(39)49(44)45-29-48(28-43(45)47(42,2)3)34-12-5-4-6-13-34/h4-25,27-30,39-40,46H,26H2,1-3H3. The second-order valence-corrected chi connectivity index (χ2v) is 15.0. The highest BCUT2D eigenvalue weighted by atomic mass is 15.2. The summed E-state index contributed by atoms with van der Waals surface area (Å²) in [5.74, 6) is 1.26. The van der Waals surface area contributed by atoms with Crippen molar-refractivity contribution in [3.63, 3.8) is 0 Å². The molecule has 4 aliphatic rings. The average Bonchev–Trinajstić information content (AvgIpc) is 3.74. The number of benzene rings is 5. The Morgan fingerprint density at radius 1 is 0.653 bits per heavy atom. The summed E-state index contributed by atoms with van der Waals surface area (Å²) in [6.45, 7) is 7.22. The fourth-order valence-corrected chi connectivity index (χ4v) is 9.56. The normalized spacial score (nSPS) is 22.0. The molecule has 3 heterocycles. The number of fused-ring (bicyclic) bond motifs is 8. The first-order chi connectivity index (χ1) is 24.0. The van der Waals surface area contributed by atoms with Crippen molar-refractivity contribution in [2.75, 3.05) is 4.90 Å². The van der Waals surface area contributed by atoms with Gasteiger partial charge in [-0.05, 0) is 92.6 Å². The molecule has 0 amide bonds. The molecule has 0 radical (unpaired) electrons. The van der Waals surface area contributed by atoms with Crippen LogP contribution in [0, 0.1) is 0 Å². The van der Waals surface area contributed by atoms with Crippen molar-refractivity contribution in [2.45, 2.75) is 56.4 Å². The lowest BCUT2D eigenvalue weighted by molar-refractivity contribution is 0.515. The summed E-state index contributed by atoms with van der Waals surface area (Å²) in [5, 5.41) is 0. The van der Waals surface area contributed by atoms with Crippen LogP contribution in [-0.2, 0) is 11.8 Å². The zero-order chi connectivity index (χ0) is 32.9. The number of hydrogen-bond acceptors (Lipinski definition) is 1. The number of para-hydroxylation sites is 1. The summed E-state index contributed by atoms with van der Waals surface area (Å²) in [6.07, 6.45) is 12.9. The number of aromatic nitrogens is 1. The third kappa shape index (κ3) is 4.20. The highest BCUT2D eigenvalue weighted by molar-refractivity contribution is 5.84. The molecule has 238 valence electrons. The van der Waals surface area contributed by atoms with Gasteiger partial charge >= 0.3 is 0 Å². The van der Waals surface area contributed by atoms with Gasteiger partial charge in [0.05, 0.1) is 11.7 Å². The van der Waals surface area contributed by atoms with E-state index in [0.717, 1.165) is 6.42 Å². The molecule has 2 heteroatoms. The van der Waals surface area contributed by atoms with Gasteiger partial charge in [0, 0.05) is 40.7 Å². The summed E-state index contributed by atoms with van der Waals surface area (Å²) >= 11 is 0. The molecule has 0 saturated carbocycles. The van der Waals surface area contributed by atoms with Crippen molar-refractivity contribution in [2.24, 2.45) is 0 Å². The molecule has 6 aromatic rings. The molecule has 2 nitrogen and oxygen atoms in total. The van der Waals surface area contributed by atoms with E-state index in [0.29, 0.717) is 23.8 Å². The largest absolute Gasteiger partial charge is 0.331 e. The molecule has 5 aromatic carbocycles. The summed E-state index contributed by atoms with van der Waals surface area (Å²) in [7, 11) is 0. The van der Waals surface area contributed by atoms with Gasteiger partial charge in [-0.25, -0.2) is 0 Å². The van der Waals surface area contributed by atoms with Crippen molar-refractivity contribution in [1.29, 1.82) is 0 Å². The molecule has 2 aliphatic heterocycles. The third-order valence-electron chi connectivity index (χ3n) is 12.1. The number of rotatable bonds is 4. The SMILES string of the molecule is CC1c2ccccc2-c2ccccc2C1Cc1ccc(-c2ccc3c(c2)C2C=CC=C4C2N3c2cn(-c3ccccc3)cc2C4(C)C)cc1. The Morgan fingerprint density at radius 2 is 1.35 bits per heavy atom. The van der Waals surface area contributed by atoms with E-state index in [1.807, 2.05) is 0 Å². The molecular weight excluding hydrogens is 593 g/mol. The molecule has 2 aliphatic carbocycles. The smallest absolute Gasteiger partial charge is 0.0668 e. The fourth-order valence-electron chi connectivity index (χ4n) is 9.56. The number of allylic oxidation sites excluding steroid dienone is 2. The van der Waals surface area contributed by atoms with Crippen LogP contribution in [0.3, 0.4) is 0 Å². The minimum Gasteiger partial charge on any atom is -0.331 e. The molecule has 10 rings (SSSR count). The molecular formula is C47H40N2. The average molecular weight is 633 g/mol. The van der Waals surface area contributed by atoms with Gasteiger partial charge in [-0.1, -0.05) is 136 Å². The van der Waals surface area contributed by atoms with E-state index in [1.165, 1.54) is 72.7 Å². The number of nitrogens with zero attached hydrogens (tertiary/aromatic N) is 2. The molecule has 0 fully saturated rings. The lowest BCUT2D eigenvalue weighted by atomic mass is 9.68. The maximum Gasteiger partial charge on any atom is 0.0668 e. The summed E-state index contributed by atoms with van der Waals surface area (Å²) < 4.78 is 2.31. The predicted molar refractivity (Wildman–Crippen MR) is 203 cm³/mol. The third-order valence-corrected chi connectivity index (χ3v) is 12.1. The molecule has 4 unspecified atom stereocenters. The Labute approximate surface area is 289 Å². The minimum absolute atomic E-state index is 0.0569. The van der Waals surface area contributed by atoms with Gasteiger partial charge in [0.2, 0.25) is 0 Å². The molecule has 0 spiro atoms. The van der Waals surface area contributed by atoms with E-state index in [-0.39, 0.29) is 5.41 Å². The van der Waals surface area contributed by atoms with E-state index in [9.17, 15) is 0 Å². The van der Waals surface area contributed by atoms with Crippen LogP contribution in [-0.4, -0.2) is 10.6 Å². The zero-order valence-electron chi connectivity index (χ0n) is 28.3. The Kier molecular flexibility index (Phi) is 6.19. The van der Waals surface area contributed by atoms with Gasteiger partial charge in [0.25, 0.3) is 0 Å². The number of hydrogen-bond donors (Lipinski definition) is 0. The fraction of sp³-hybridized carbons (Fsp3) is 0.191. The second kappa shape index (κ2) is 10.6. The van der Waals surface area contributed by atoms with Crippen LogP contribution in [0.5, 0.6) is 0 Å². The Hall–Kier alpha value is -5.34. The molecule has 4 atom stereocenters. The maximum atomic E-state index is 2.63. The first-order valence-electron chi connectivity index (χ1n) is 17.8. The monoisotopic (exact) mass is 632 g/mol. The van der Waals surface area contributed by atoms with Crippen LogP contribution in [0.15, 0.2) is 158 Å². The highest BCUT2D eigenvalue weighted by Crippen LogP contribution is 2.59. The summed E-state index contributed by atoms with van der Waals surface area (Å²) in [5.41, 5.74) is 17.8. The van der Waals surface area contributed by atoms with E-state index < -0.39 is 0 Å². The molecule has 0 N–H and O–H groups in total. The first kappa shape index (κ1) is 28.7. The van der Waals surface area contributed by atoms with Gasteiger partial charge in [0.15, 0.2) is 0 Å². The number of anilines is 2. The Morgan fingerprint density at radius 3 is 2.14 bits per heavy atom. The summed E-state index contributed by atoms with van der Waals surface area (Å²) in [6, 6.07) is 45.6. The van der Waals surface area contributed by atoms with Gasteiger partial charge in [0.1, 0.15) is 0 Å². The highest BCUT2D eigenvalue weighted by Gasteiger charge is 2.51. The zero-order valence-corrected chi connectivity index (χ0v) is 28.3. The Bertz CT molecular complexity index is 2320. The minimum atomic E-state index is -0.0569. The topological polar surface area (TPSA) is 8.17 Å². The van der Waals surface area contributed by atoms with Gasteiger partial charge in [-0.2, -0.15) is 0 Å². The van der Waals surface area contributed by atoms with Crippen LogP contribution in [0.25, 0.3) is 27.9 Å². The van der Waals surface area contributed by atoms with Crippen LogP contribution in [0.1, 0.15) is 66.3 Å². The van der Waals surface area contributed by atoms with Gasteiger partial charge < -0.3 is 9.47 Å². The lowest BCUT2D eigenvalue weighted by Crippen LogP contribution is -2.44.